The van der Waals surface area contributed by atoms with E-state index in [0.29, 0.717) is 12.1 Å². The summed E-state index contributed by atoms with van der Waals surface area (Å²) in [5.74, 6) is -0.904. The smallest absolute Gasteiger partial charge is 0.335 e. The second kappa shape index (κ2) is 6.37. The van der Waals surface area contributed by atoms with Crippen LogP contribution in [0.2, 0.25) is 0 Å². The van der Waals surface area contributed by atoms with Gasteiger partial charge in [0, 0.05) is 13.1 Å². The second-order valence-corrected chi connectivity index (χ2v) is 4.38. The van der Waals surface area contributed by atoms with Crippen molar-refractivity contribution >= 4 is 5.97 Å². The summed E-state index contributed by atoms with van der Waals surface area (Å²) in [7, 11) is 1.95. The number of aliphatic hydroxyl groups is 1. The number of aromatic carboxylic acids is 1. The lowest BCUT2D eigenvalue weighted by Gasteiger charge is -2.17. The van der Waals surface area contributed by atoms with E-state index in [1.807, 2.05) is 13.1 Å². The summed E-state index contributed by atoms with van der Waals surface area (Å²) in [6.45, 7) is 3.24. The van der Waals surface area contributed by atoms with Crippen LogP contribution in [0.25, 0.3) is 0 Å². The molecule has 1 rings (SSSR count). The average molecular weight is 237 g/mol. The summed E-state index contributed by atoms with van der Waals surface area (Å²) in [5, 5.41) is 18.1. The summed E-state index contributed by atoms with van der Waals surface area (Å²) in [6, 6.07) is 6.93. The average Bonchev–Trinajstić information content (AvgIpc) is 2.26. The molecule has 0 heterocycles. The van der Waals surface area contributed by atoms with Gasteiger partial charge in [-0.1, -0.05) is 12.1 Å². The number of hydrogen-bond donors (Lipinski definition) is 2. The minimum absolute atomic E-state index is 0.303. The fraction of sp³-hybridized carbons (Fsp3) is 0.462. The summed E-state index contributed by atoms with van der Waals surface area (Å²) < 4.78 is 0. The van der Waals surface area contributed by atoms with E-state index in [9.17, 15) is 9.90 Å². The first kappa shape index (κ1) is 13.7. The Morgan fingerprint density at radius 1 is 1.47 bits per heavy atom. The summed E-state index contributed by atoms with van der Waals surface area (Å²) in [4.78, 5) is 12.9. The number of hydrogen-bond acceptors (Lipinski definition) is 3. The molecule has 0 amide bonds. The van der Waals surface area contributed by atoms with Crippen LogP contribution in [0.4, 0.5) is 0 Å². The standard InChI is InChI=1S/C13H19NO3/c1-10(15)6-7-14(2)9-11-4-3-5-12(8-11)13(16)17/h3-5,8,10,15H,6-7,9H2,1-2H3,(H,16,17). The molecule has 0 aliphatic carbocycles. The first-order valence-corrected chi connectivity index (χ1v) is 5.68. The number of carboxylic acid groups (broad SMARTS) is 1. The molecule has 0 aliphatic heterocycles. The van der Waals surface area contributed by atoms with Gasteiger partial charge in [0.1, 0.15) is 0 Å². The van der Waals surface area contributed by atoms with E-state index in [1.54, 1.807) is 25.1 Å². The normalized spacial score (nSPS) is 12.7. The van der Waals surface area contributed by atoms with Gasteiger partial charge < -0.3 is 15.1 Å². The van der Waals surface area contributed by atoms with Gasteiger partial charge in [-0.05, 0) is 38.1 Å². The zero-order valence-electron chi connectivity index (χ0n) is 10.3. The van der Waals surface area contributed by atoms with Crippen molar-refractivity contribution in [3.8, 4) is 0 Å². The van der Waals surface area contributed by atoms with Crippen molar-refractivity contribution in [2.24, 2.45) is 0 Å². The number of nitrogens with zero attached hydrogens (tertiary/aromatic N) is 1. The van der Waals surface area contributed by atoms with E-state index >= 15 is 0 Å². The van der Waals surface area contributed by atoms with Crippen LogP contribution in [-0.2, 0) is 6.54 Å². The van der Waals surface area contributed by atoms with Crippen molar-refractivity contribution in [2.45, 2.75) is 26.0 Å². The van der Waals surface area contributed by atoms with Crippen LogP contribution in [-0.4, -0.2) is 40.8 Å². The van der Waals surface area contributed by atoms with E-state index < -0.39 is 5.97 Å². The number of carboxylic acids is 1. The molecule has 0 spiro atoms. The first-order valence-electron chi connectivity index (χ1n) is 5.68. The lowest BCUT2D eigenvalue weighted by Crippen LogP contribution is -2.22. The largest absolute Gasteiger partial charge is 0.478 e. The molecule has 0 radical (unpaired) electrons. The Balaban J connectivity index is 2.56. The van der Waals surface area contributed by atoms with Crippen LogP contribution in [0.15, 0.2) is 24.3 Å². The molecule has 94 valence electrons. The van der Waals surface area contributed by atoms with Crippen LogP contribution in [0, 0.1) is 0 Å². The van der Waals surface area contributed by atoms with Crippen molar-refractivity contribution in [3.63, 3.8) is 0 Å². The monoisotopic (exact) mass is 237 g/mol. The summed E-state index contributed by atoms with van der Waals surface area (Å²) in [5.41, 5.74) is 1.28. The molecule has 0 aromatic heterocycles. The molecule has 1 aromatic carbocycles. The SMILES string of the molecule is CC(O)CCN(C)Cc1cccc(C(=O)O)c1. The molecule has 1 atom stereocenters. The molecule has 1 unspecified atom stereocenters. The molecule has 0 fully saturated rings. The highest BCUT2D eigenvalue weighted by molar-refractivity contribution is 5.87. The highest BCUT2D eigenvalue weighted by Gasteiger charge is 2.06. The van der Waals surface area contributed by atoms with Crippen LogP contribution >= 0.6 is 0 Å². The van der Waals surface area contributed by atoms with Gasteiger partial charge in [-0.25, -0.2) is 4.79 Å². The number of rotatable bonds is 6. The van der Waals surface area contributed by atoms with Crippen LogP contribution in [0.3, 0.4) is 0 Å². The highest BCUT2D eigenvalue weighted by atomic mass is 16.4. The predicted octanol–water partition coefficient (Wildman–Crippen LogP) is 1.59. The van der Waals surface area contributed by atoms with Gasteiger partial charge in [-0.3, -0.25) is 0 Å². The maximum Gasteiger partial charge on any atom is 0.335 e. The van der Waals surface area contributed by atoms with Gasteiger partial charge in [0.15, 0.2) is 0 Å². The van der Waals surface area contributed by atoms with Gasteiger partial charge in [-0.15, -0.1) is 0 Å². The van der Waals surface area contributed by atoms with Crippen LogP contribution in [0.5, 0.6) is 0 Å². The zero-order chi connectivity index (χ0) is 12.8. The van der Waals surface area contributed by atoms with Crippen molar-refractivity contribution in [1.82, 2.24) is 4.90 Å². The van der Waals surface area contributed by atoms with Crippen molar-refractivity contribution in [3.05, 3.63) is 35.4 Å². The number of carbonyl (C=O) groups is 1. The Bertz CT molecular complexity index is 377. The first-order chi connectivity index (χ1) is 7.99. The molecule has 17 heavy (non-hydrogen) atoms. The maximum atomic E-state index is 10.8. The van der Waals surface area contributed by atoms with Gasteiger partial charge in [0.2, 0.25) is 0 Å². The molecule has 4 heteroatoms. The maximum absolute atomic E-state index is 10.8. The molecule has 0 bridgehead atoms. The van der Waals surface area contributed by atoms with E-state index in [2.05, 4.69) is 4.90 Å². The molecular formula is C13H19NO3. The van der Waals surface area contributed by atoms with Gasteiger partial charge in [0.05, 0.1) is 11.7 Å². The second-order valence-electron chi connectivity index (χ2n) is 4.38. The lowest BCUT2D eigenvalue weighted by molar-refractivity contribution is 0.0696. The molecular weight excluding hydrogens is 218 g/mol. The summed E-state index contributed by atoms with van der Waals surface area (Å²) >= 11 is 0. The summed E-state index contributed by atoms with van der Waals surface area (Å²) in [6.07, 6.45) is 0.414. The van der Waals surface area contributed by atoms with Crippen LogP contribution < -0.4 is 0 Å². The third kappa shape index (κ3) is 4.97. The fourth-order valence-corrected chi connectivity index (χ4v) is 1.60. The Kier molecular flexibility index (Phi) is 5.12. The lowest BCUT2D eigenvalue weighted by atomic mass is 10.1. The highest BCUT2D eigenvalue weighted by Crippen LogP contribution is 2.08. The molecule has 1 aromatic rings. The topological polar surface area (TPSA) is 60.8 Å². The molecule has 0 saturated carbocycles. The Labute approximate surface area is 101 Å². The minimum atomic E-state index is -0.904. The third-order valence-electron chi connectivity index (χ3n) is 2.56. The molecule has 2 N–H and O–H groups in total. The fourth-order valence-electron chi connectivity index (χ4n) is 1.60. The molecule has 4 nitrogen and oxygen atoms in total. The van der Waals surface area contributed by atoms with Crippen molar-refractivity contribution < 1.29 is 15.0 Å². The van der Waals surface area contributed by atoms with E-state index in [-0.39, 0.29) is 6.10 Å². The van der Waals surface area contributed by atoms with E-state index in [4.69, 9.17) is 5.11 Å². The van der Waals surface area contributed by atoms with Crippen molar-refractivity contribution in [1.29, 1.82) is 0 Å². The van der Waals surface area contributed by atoms with Crippen LogP contribution in [0.1, 0.15) is 29.3 Å². The predicted molar refractivity (Wildman–Crippen MR) is 66.0 cm³/mol. The molecule has 0 aliphatic rings. The van der Waals surface area contributed by atoms with Gasteiger partial charge >= 0.3 is 5.97 Å². The Morgan fingerprint density at radius 2 is 2.18 bits per heavy atom. The number of aliphatic hydroxyl groups excluding tert-OH is 1. The molecule has 0 saturated heterocycles. The number of benzene rings is 1. The minimum Gasteiger partial charge on any atom is -0.478 e. The van der Waals surface area contributed by atoms with E-state index in [1.165, 1.54) is 0 Å². The zero-order valence-corrected chi connectivity index (χ0v) is 10.3. The Morgan fingerprint density at radius 3 is 2.76 bits per heavy atom. The Hall–Kier alpha value is -1.39. The third-order valence-corrected chi connectivity index (χ3v) is 2.56. The quantitative estimate of drug-likeness (QED) is 0.788. The van der Waals surface area contributed by atoms with Crippen molar-refractivity contribution in [2.75, 3.05) is 13.6 Å². The van der Waals surface area contributed by atoms with Gasteiger partial charge in [0.25, 0.3) is 0 Å². The van der Waals surface area contributed by atoms with E-state index in [0.717, 1.165) is 18.5 Å². The van der Waals surface area contributed by atoms with Gasteiger partial charge in [-0.2, -0.15) is 0 Å².